The molecule has 0 bridgehead atoms. The van der Waals surface area contributed by atoms with Gasteiger partial charge in [-0.15, -0.1) is 10.2 Å². The summed E-state index contributed by atoms with van der Waals surface area (Å²) >= 11 is 0. The van der Waals surface area contributed by atoms with Crippen LogP contribution in [0.3, 0.4) is 0 Å². The van der Waals surface area contributed by atoms with Gasteiger partial charge in [-0.25, -0.2) is 4.98 Å². The predicted molar refractivity (Wildman–Crippen MR) is 127 cm³/mol. The Hall–Kier alpha value is -3.54. The number of fused-ring (bicyclic) bond motifs is 2. The third-order valence-electron chi connectivity index (χ3n) is 7.24. The van der Waals surface area contributed by atoms with Crippen LogP contribution in [-0.2, 0) is 17.9 Å². The maximum absolute atomic E-state index is 13.3. The zero-order valence-corrected chi connectivity index (χ0v) is 18.6. The van der Waals surface area contributed by atoms with E-state index < -0.39 is 0 Å². The van der Waals surface area contributed by atoms with Crippen LogP contribution in [0.4, 0.5) is 0 Å². The number of hydrogen-bond donors (Lipinski definition) is 0. The zero-order chi connectivity index (χ0) is 22.2. The number of rotatable bonds is 3. The topological polar surface area (TPSA) is 63.9 Å². The van der Waals surface area contributed by atoms with Gasteiger partial charge in [0.15, 0.2) is 11.6 Å². The average Bonchev–Trinajstić information content (AvgIpc) is 3.32. The second kappa shape index (κ2) is 8.43. The van der Waals surface area contributed by atoms with Crippen LogP contribution in [0, 0.1) is 5.92 Å². The van der Waals surface area contributed by atoms with E-state index in [4.69, 9.17) is 4.98 Å². The minimum atomic E-state index is 0.126. The van der Waals surface area contributed by atoms with Crippen molar-refractivity contribution in [1.82, 2.24) is 24.6 Å². The van der Waals surface area contributed by atoms with Gasteiger partial charge in [0.25, 0.3) is 0 Å². The summed E-state index contributed by atoms with van der Waals surface area (Å²) in [5.74, 6) is 2.61. The van der Waals surface area contributed by atoms with Crippen LogP contribution >= 0.6 is 0 Å². The lowest BCUT2D eigenvalue weighted by molar-refractivity contribution is -0.138. The number of nitrogens with zero attached hydrogens (tertiary/aromatic N) is 5. The van der Waals surface area contributed by atoms with Gasteiger partial charge in [0.05, 0.1) is 12.1 Å². The first-order valence-electron chi connectivity index (χ1n) is 11.9. The lowest BCUT2D eigenvalue weighted by Gasteiger charge is -2.34. The summed E-state index contributed by atoms with van der Waals surface area (Å²) in [6.07, 6.45) is 4.10. The second-order valence-electron chi connectivity index (χ2n) is 9.20. The minimum absolute atomic E-state index is 0.126. The molecule has 3 heterocycles. The quantitative estimate of drug-likeness (QED) is 0.461. The summed E-state index contributed by atoms with van der Waals surface area (Å²) in [7, 11) is 0. The summed E-state index contributed by atoms with van der Waals surface area (Å²) in [6, 6.07) is 22.9. The van der Waals surface area contributed by atoms with Crippen LogP contribution in [0.5, 0.6) is 0 Å². The molecule has 0 atom stereocenters. The largest absolute Gasteiger partial charge is 0.333 e. The first-order chi connectivity index (χ1) is 16.3. The van der Waals surface area contributed by atoms with E-state index in [1.165, 1.54) is 5.56 Å². The third-order valence-corrected chi connectivity index (χ3v) is 7.24. The summed E-state index contributed by atoms with van der Waals surface area (Å²) in [5, 5.41) is 9.97. The molecule has 166 valence electrons. The Kier molecular flexibility index (Phi) is 5.13. The van der Waals surface area contributed by atoms with E-state index in [1.54, 1.807) is 0 Å². The van der Waals surface area contributed by atoms with Crippen molar-refractivity contribution in [2.75, 3.05) is 6.54 Å². The van der Waals surface area contributed by atoms with E-state index in [0.717, 1.165) is 53.9 Å². The fourth-order valence-corrected chi connectivity index (χ4v) is 5.38. The van der Waals surface area contributed by atoms with Gasteiger partial charge in [-0.2, -0.15) is 0 Å². The average molecular weight is 438 g/mol. The number of carbonyl (C=O) groups excluding carboxylic acids is 1. The van der Waals surface area contributed by atoms with E-state index in [1.807, 2.05) is 29.2 Å². The van der Waals surface area contributed by atoms with Crippen LogP contribution in [0.15, 0.2) is 66.7 Å². The Morgan fingerprint density at radius 1 is 0.818 bits per heavy atom. The van der Waals surface area contributed by atoms with Crippen molar-refractivity contribution < 1.29 is 4.79 Å². The van der Waals surface area contributed by atoms with Gasteiger partial charge < -0.3 is 9.47 Å². The van der Waals surface area contributed by atoms with Gasteiger partial charge in [0.2, 0.25) is 5.91 Å². The van der Waals surface area contributed by atoms with Crippen molar-refractivity contribution in [2.24, 2.45) is 5.92 Å². The molecule has 2 aromatic heterocycles. The van der Waals surface area contributed by atoms with E-state index in [0.29, 0.717) is 25.6 Å². The zero-order valence-electron chi connectivity index (χ0n) is 18.6. The number of amides is 1. The van der Waals surface area contributed by atoms with Crippen molar-refractivity contribution in [1.29, 1.82) is 0 Å². The van der Waals surface area contributed by atoms with Crippen LogP contribution in [0.2, 0.25) is 0 Å². The van der Waals surface area contributed by atoms with Gasteiger partial charge in [-0.05, 0) is 49.3 Å². The third kappa shape index (κ3) is 3.80. The molecule has 6 rings (SSSR count). The van der Waals surface area contributed by atoms with Crippen LogP contribution in [0.1, 0.15) is 43.0 Å². The van der Waals surface area contributed by atoms with Crippen LogP contribution in [-0.4, -0.2) is 37.1 Å². The van der Waals surface area contributed by atoms with E-state index in [2.05, 4.69) is 57.2 Å². The molecule has 0 saturated heterocycles. The molecule has 2 aromatic carbocycles. The Balaban J connectivity index is 1.14. The molecule has 0 radical (unpaired) electrons. The Bertz CT molecular complexity index is 1290. The highest BCUT2D eigenvalue weighted by Gasteiger charge is 2.32. The molecule has 2 aliphatic rings. The van der Waals surface area contributed by atoms with Crippen LogP contribution in [0.25, 0.3) is 22.4 Å². The van der Waals surface area contributed by atoms with Crippen molar-refractivity contribution in [3.05, 3.63) is 78.1 Å². The standard InChI is InChI=1S/C27H27N5O/c33-27(22-12-10-20(11-13-22)19-6-2-1-3-7-19)31-16-17-32-25(18-31)29-30-26(32)24-15-14-21-8-4-5-9-23(21)28-24/h1-9,14-15,20,22H,10-13,16-18H2. The summed E-state index contributed by atoms with van der Waals surface area (Å²) in [6.45, 7) is 1.93. The van der Waals surface area contributed by atoms with Gasteiger partial charge in [0.1, 0.15) is 5.69 Å². The summed E-state index contributed by atoms with van der Waals surface area (Å²) in [4.78, 5) is 20.0. The highest BCUT2D eigenvalue weighted by molar-refractivity contribution is 5.81. The van der Waals surface area contributed by atoms with Gasteiger partial charge in [-0.1, -0.05) is 54.6 Å². The fraction of sp³-hybridized carbons (Fsp3) is 0.333. The maximum atomic E-state index is 13.3. The normalized spacial score (nSPS) is 20.5. The maximum Gasteiger partial charge on any atom is 0.226 e. The predicted octanol–water partition coefficient (Wildman–Crippen LogP) is 4.81. The number of aromatic nitrogens is 4. The second-order valence-corrected chi connectivity index (χ2v) is 9.20. The summed E-state index contributed by atoms with van der Waals surface area (Å²) < 4.78 is 2.12. The molecule has 33 heavy (non-hydrogen) atoms. The molecule has 1 aliphatic heterocycles. The first-order valence-corrected chi connectivity index (χ1v) is 11.9. The number of para-hydroxylation sites is 1. The van der Waals surface area contributed by atoms with Gasteiger partial charge in [-0.3, -0.25) is 4.79 Å². The van der Waals surface area contributed by atoms with Crippen molar-refractivity contribution in [3.8, 4) is 11.5 Å². The number of carbonyl (C=O) groups is 1. The molecule has 0 unspecified atom stereocenters. The fourth-order valence-electron chi connectivity index (χ4n) is 5.38. The van der Waals surface area contributed by atoms with E-state index in [-0.39, 0.29) is 11.8 Å². The van der Waals surface area contributed by atoms with E-state index in [9.17, 15) is 4.79 Å². The molecule has 1 aliphatic carbocycles. The minimum Gasteiger partial charge on any atom is -0.333 e. The molecule has 0 N–H and O–H groups in total. The van der Waals surface area contributed by atoms with Gasteiger partial charge >= 0.3 is 0 Å². The molecule has 1 amide bonds. The number of pyridine rings is 1. The lowest BCUT2D eigenvalue weighted by Crippen LogP contribution is -2.42. The molecular weight excluding hydrogens is 410 g/mol. The number of hydrogen-bond acceptors (Lipinski definition) is 4. The molecule has 0 spiro atoms. The molecular formula is C27H27N5O. The van der Waals surface area contributed by atoms with E-state index >= 15 is 0 Å². The molecule has 4 aromatic rings. The molecule has 6 heteroatoms. The highest BCUT2D eigenvalue weighted by atomic mass is 16.2. The first kappa shape index (κ1) is 20.1. The van der Waals surface area contributed by atoms with Crippen molar-refractivity contribution >= 4 is 16.8 Å². The van der Waals surface area contributed by atoms with Gasteiger partial charge in [0, 0.05) is 24.4 Å². The lowest BCUT2D eigenvalue weighted by atomic mass is 9.78. The Morgan fingerprint density at radius 2 is 1.61 bits per heavy atom. The Morgan fingerprint density at radius 3 is 2.45 bits per heavy atom. The smallest absolute Gasteiger partial charge is 0.226 e. The highest BCUT2D eigenvalue weighted by Crippen LogP contribution is 2.37. The number of benzene rings is 2. The molecule has 1 fully saturated rings. The summed E-state index contributed by atoms with van der Waals surface area (Å²) in [5.41, 5.74) is 3.18. The SMILES string of the molecule is O=C(C1CCC(c2ccccc2)CC1)N1CCn2c(nnc2-c2ccc3ccccc3n2)C1. The molecule has 6 nitrogen and oxygen atoms in total. The van der Waals surface area contributed by atoms with Crippen molar-refractivity contribution in [3.63, 3.8) is 0 Å². The monoisotopic (exact) mass is 437 g/mol. The van der Waals surface area contributed by atoms with Crippen LogP contribution < -0.4 is 0 Å². The molecule has 1 saturated carbocycles. The van der Waals surface area contributed by atoms with Crippen molar-refractivity contribution in [2.45, 2.75) is 44.7 Å². The Labute approximate surface area is 193 Å².